The van der Waals surface area contributed by atoms with E-state index in [2.05, 4.69) is 10.2 Å². The fraction of sp³-hybridized carbons (Fsp3) is 0.500. The Balaban J connectivity index is 1.62. The van der Waals surface area contributed by atoms with Crippen molar-refractivity contribution in [2.45, 2.75) is 25.6 Å². The summed E-state index contributed by atoms with van der Waals surface area (Å²) in [5.41, 5.74) is 1.18. The van der Waals surface area contributed by atoms with Gasteiger partial charge in [-0.25, -0.2) is 4.79 Å². The third-order valence-electron chi connectivity index (χ3n) is 5.43. The van der Waals surface area contributed by atoms with Crippen LogP contribution >= 0.6 is 0 Å². The van der Waals surface area contributed by atoms with E-state index >= 15 is 0 Å². The summed E-state index contributed by atoms with van der Waals surface area (Å²) in [5.74, 6) is 1.54. The minimum absolute atomic E-state index is 0.235. The summed E-state index contributed by atoms with van der Waals surface area (Å²) in [5, 5.41) is 3.40. The molecule has 1 N–H and O–H groups in total. The third kappa shape index (κ3) is 3.70. The lowest BCUT2D eigenvalue weighted by atomic mass is 10.1. The Hall–Kier alpha value is -2.58. The van der Waals surface area contributed by atoms with Crippen LogP contribution in [-0.4, -0.2) is 46.4 Å². The SMILES string of the molecule is Cn1cc(CN(Cc2ccc3c(c2)OCCO3)C2CCNC2)c(=O)n(C)c1=O. The van der Waals surface area contributed by atoms with Crippen molar-refractivity contribution < 1.29 is 9.47 Å². The van der Waals surface area contributed by atoms with Crippen LogP contribution < -0.4 is 26.0 Å². The topological polar surface area (TPSA) is 77.7 Å². The summed E-state index contributed by atoms with van der Waals surface area (Å²) < 4.78 is 13.9. The summed E-state index contributed by atoms with van der Waals surface area (Å²) in [4.78, 5) is 26.9. The van der Waals surface area contributed by atoms with Crippen LogP contribution in [0.15, 0.2) is 34.0 Å². The maximum absolute atomic E-state index is 12.6. The number of rotatable bonds is 5. The van der Waals surface area contributed by atoms with E-state index < -0.39 is 0 Å². The number of hydrogen-bond acceptors (Lipinski definition) is 6. The second-order valence-corrected chi connectivity index (χ2v) is 7.44. The van der Waals surface area contributed by atoms with Gasteiger partial charge in [0, 0.05) is 51.5 Å². The number of nitrogens with one attached hydrogen (secondary N) is 1. The summed E-state index contributed by atoms with van der Waals surface area (Å²) in [6.45, 7) is 4.16. The van der Waals surface area contributed by atoms with E-state index in [1.807, 2.05) is 18.2 Å². The molecule has 8 nitrogen and oxygen atoms in total. The molecule has 4 rings (SSSR count). The van der Waals surface area contributed by atoms with E-state index in [0.717, 1.165) is 36.6 Å². The van der Waals surface area contributed by atoms with Gasteiger partial charge in [-0.15, -0.1) is 0 Å². The van der Waals surface area contributed by atoms with E-state index in [4.69, 9.17) is 9.47 Å². The molecule has 1 saturated heterocycles. The van der Waals surface area contributed by atoms with Gasteiger partial charge in [0.2, 0.25) is 0 Å². The number of benzene rings is 1. The lowest BCUT2D eigenvalue weighted by Gasteiger charge is -2.29. The fourth-order valence-corrected chi connectivity index (χ4v) is 3.90. The van der Waals surface area contributed by atoms with Crippen LogP contribution in [0.25, 0.3) is 0 Å². The van der Waals surface area contributed by atoms with Crippen LogP contribution in [-0.2, 0) is 27.2 Å². The molecule has 1 aromatic carbocycles. The first-order valence-corrected chi connectivity index (χ1v) is 9.62. The second kappa shape index (κ2) is 7.81. The number of hydrogen-bond donors (Lipinski definition) is 1. The zero-order chi connectivity index (χ0) is 19.7. The Morgan fingerprint density at radius 3 is 2.68 bits per heavy atom. The molecule has 28 heavy (non-hydrogen) atoms. The van der Waals surface area contributed by atoms with Gasteiger partial charge in [-0.3, -0.25) is 14.3 Å². The largest absolute Gasteiger partial charge is 0.486 e. The minimum Gasteiger partial charge on any atom is -0.486 e. The van der Waals surface area contributed by atoms with Crippen molar-refractivity contribution in [2.24, 2.45) is 14.1 Å². The smallest absolute Gasteiger partial charge is 0.330 e. The second-order valence-electron chi connectivity index (χ2n) is 7.44. The summed E-state index contributed by atoms with van der Waals surface area (Å²) in [7, 11) is 3.20. The maximum Gasteiger partial charge on any atom is 0.330 e. The van der Waals surface area contributed by atoms with Crippen molar-refractivity contribution in [3.8, 4) is 11.5 Å². The van der Waals surface area contributed by atoms with Crippen LogP contribution in [0.1, 0.15) is 17.5 Å². The van der Waals surface area contributed by atoms with Gasteiger partial charge in [0.05, 0.1) is 0 Å². The highest BCUT2D eigenvalue weighted by atomic mass is 16.6. The normalized spacial score (nSPS) is 18.6. The monoisotopic (exact) mass is 386 g/mol. The highest BCUT2D eigenvalue weighted by Crippen LogP contribution is 2.31. The van der Waals surface area contributed by atoms with Gasteiger partial charge < -0.3 is 19.4 Å². The first kappa shape index (κ1) is 18.8. The van der Waals surface area contributed by atoms with Crippen LogP contribution in [0.4, 0.5) is 0 Å². The van der Waals surface area contributed by atoms with E-state index in [-0.39, 0.29) is 11.2 Å². The van der Waals surface area contributed by atoms with E-state index in [1.54, 1.807) is 13.2 Å². The molecule has 0 spiro atoms. The molecule has 0 saturated carbocycles. The van der Waals surface area contributed by atoms with Crippen LogP contribution in [0.2, 0.25) is 0 Å². The molecular formula is C20H26N4O4. The van der Waals surface area contributed by atoms with Crippen molar-refractivity contribution in [2.75, 3.05) is 26.3 Å². The van der Waals surface area contributed by atoms with Gasteiger partial charge in [-0.05, 0) is 30.7 Å². The highest BCUT2D eigenvalue weighted by Gasteiger charge is 2.24. The summed E-state index contributed by atoms with van der Waals surface area (Å²) >= 11 is 0. The van der Waals surface area contributed by atoms with E-state index in [9.17, 15) is 9.59 Å². The molecule has 3 heterocycles. The minimum atomic E-state index is -0.310. The standard InChI is InChI=1S/C20H26N4O4/c1-22-12-15(19(25)23(2)20(22)26)13-24(16-5-6-21-10-16)11-14-3-4-17-18(9-14)28-8-7-27-17/h3-4,9,12,16,21H,5-8,10-11,13H2,1-2H3. The molecule has 0 aliphatic carbocycles. The number of aryl methyl sites for hydroxylation is 1. The Morgan fingerprint density at radius 1 is 1.14 bits per heavy atom. The molecule has 0 radical (unpaired) electrons. The average Bonchev–Trinajstić information content (AvgIpc) is 3.24. The quantitative estimate of drug-likeness (QED) is 0.792. The molecule has 1 atom stereocenters. The van der Waals surface area contributed by atoms with Crippen molar-refractivity contribution in [3.05, 3.63) is 56.4 Å². The molecule has 8 heteroatoms. The molecule has 2 aliphatic heterocycles. The maximum atomic E-state index is 12.6. The lowest BCUT2D eigenvalue weighted by molar-refractivity contribution is 0.169. The predicted octanol–water partition coefficient (Wildman–Crippen LogP) is 0.219. The van der Waals surface area contributed by atoms with E-state index in [1.165, 1.54) is 16.2 Å². The number of fused-ring (bicyclic) bond motifs is 1. The van der Waals surface area contributed by atoms with Crippen molar-refractivity contribution in [3.63, 3.8) is 0 Å². The van der Waals surface area contributed by atoms with Crippen LogP contribution in [0.5, 0.6) is 11.5 Å². The van der Waals surface area contributed by atoms with Crippen LogP contribution in [0, 0.1) is 0 Å². The average molecular weight is 386 g/mol. The molecule has 1 unspecified atom stereocenters. The van der Waals surface area contributed by atoms with Crippen LogP contribution in [0.3, 0.4) is 0 Å². The van der Waals surface area contributed by atoms with Gasteiger partial charge >= 0.3 is 5.69 Å². The first-order chi connectivity index (χ1) is 13.5. The Morgan fingerprint density at radius 2 is 1.93 bits per heavy atom. The zero-order valence-electron chi connectivity index (χ0n) is 16.3. The molecular weight excluding hydrogens is 360 g/mol. The number of nitrogens with zero attached hydrogens (tertiary/aromatic N) is 3. The molecule has 150 valence electrons. The van der Waals surface area contributed by atoms with Gasteiger partial charge in [-0.2, -0.15) is 0 Å². The van der Waals surface area contributed by atoms with Gasteiger partial charge in [0.1, 0.15) is 13.2 Å². The van der Waals surface area contributed by atoms with Crippen molar-refractivity contribution in [1.82, 2.24) is 19.4 Å². The van der Waals surface area contributed by atoms with Gasteiger partial charge in [0.25, 0.3) is 5.56 Å². The molecule has 0 bridgehead atoms. The predicted molar refractivity (Wildman–Crippen MR) is 105 cm³/mol. The van der Waals surface area contributed by atoms with Gasteiger partial charge in [-0.1, -0.05) is 6.07 Å². The molecule has 1 fully saturated rings. The Labute approximate surface area is 163 Å². The molecule has 0 amide bonds. The van der Waals surface area contributed by atoms with Gasteiger partial charge in [0.15, 0.2) is 11.5 Å². The highest BCUT2D eigenvalue weighted by molar-refractivity contribution is 5.43. The first-order valence-electron chi connectivity index (χ1n) is 9.62. The lowest BCUT2D eigenvalue weighted by Crippen LogP contribution is -2.42. The van der Waals surface area contributed by atoms with Crippen molar-refractivity contribution >= 4 is 0 Å². The van der Waals surface area contributed by atoms with Crippen molar-refractivity contribution in [1.29, 1.82) is 0 Å². The molecule has 2 aliphatic rings. The summed E-state index contributed by atoms with van der Waals surface area (Å²) in [6.07, 6.45) is 2.68. The number of aromatic nitrogens is 2. The zero-order valence-corrected chi connectivity index (χ0v) is 16.3. The van der Waals surface area contributed by atoms with E-state index in [0.29, 0.717) is 37.9 Å². The third-order valence-corrected chi connectivity index (χ3v) is 5.43. The fourth-order valence-electron chi connectivity index (χ4n) is 3.90. The Kier molecular flexibility index (Phi) is 5.23. The molecule has 1 aromatic heterocycles. The summed E-state index contributed by atoms with van der Waals surface area (Å²) in [6, 6.07) is 6.33. The number of ether oxygens (including phenoxy) is 2. The Bertz CT molecular complexity index is 975. The molecule has 2 aromatic rings.